The van der Waals surface area contributed by atoms with E-state index in [1.54, 1.807) is 0 Å². The zero-order valence-electron chi connectivity index (χ0n) is 17.8. The topological polar surface area (TPSA) is 52.7 Å². The maximum Gasteiger partial charge on any atom is 0.317 e. The number of nitrogens with zero attached hydrogens (tertiary/aromatic N) is 2. The standard InChI is InChI=1S/C22H37N3O2S/c1-21(2,3)28-9-4-23-20(27)25-7-5-24(6-8-25)19(26)22-13-16-10-17(14-22)12-18(11-16)15-22/h16-18H,4-15H2,1-3H3,(H,23,27). The summed E-state index contributed by atoms with van der Waals surface area (Å²) in [6.45, 7) is 10.0. The van der Waals surface area contributed by atoms with Crippen LogP contribution in [-0.2, 0) is 4.79 Å². The number of carbonyl (C=O) groups is 2. The highest BCUT2D eigenvalue weighted by molar-refractivity contribution is 8.00. The van der Waals surface area contributed by atoms with Crippen LogP contribution in [0.2, 0.25) is 0 Å². The van der Waals surface area contributed by atoms with Crippen LogP contribution in [0.3, 0.4) is 0 Å². The van der Waals surface area contributed by atoms with Gasteiger partial charge in [-0.25, -0.2) is 4.79 Å². The highest BCUT2D eigenvalue weighted by atomic mass is 32.2. The largest absolute Gasteiger partial charge is 0.339 e. The molecule has 4 aliphatic carbocycles. The van der Waals surface area contributed by atoms with Crippen LogP contribution < -0.4 is 5.32 Å². The lowest BCUT2D eigenvalue weighted by molar-refractivity contribution is -0.159. The van der Waals surface area contributed by atoms with E-state index in [2.05, 4.69) is 31.0 Å². The Labute approximate surface area is 174 Å². The molecule has 28 heavy (non-hydrogen) atoms. The molecule has 4 saturated carbocycles. The van der Waals surface area contributed by atoms with Crippen LogP contribution in [0, 0.1) is 23.2 Å². The molecular formula is C22H37N3O2S. The Morgan fingerprint density at radius 1 is 0.929 bits per heavy atom. The Morgan fingerprint density at radius 3 is 1.93 bits per heavy atom. The predicted molar refractivity (Wildman–Crippen MR) is 114 cm³/mol. The maximum atomic E-state index is 13.4. The van der Waals surface area contributed by atoms with Crippen molar-refractivity contribution < 1.29 is 9.59 Å². The van der Waals surface area contributed by atoms with Crippen LogP contribution in [0.25, 0.3) is 0 Å². The highest BCUT2D eigenvalue weighted by Gasteiger charge is 2.55. The molecule has 1 N–H and O–H groups in total. The van der Waals surface area contributed by atoms with Gasteiger partial charge in [0.25, 0.3) is 0 Å². The summed E-state index contributed by atoms with van der Waals surface area (Å²) < 4.78 is 0.230. The summed E-state index contributed by atoms with van der Waals surface area (Å²) in [5.41, 5.74) is -0.0522. The summed E-state index contributed by atoms with van der Waals surface area (Å²) in [6, 6.07) is 0.0245. The van der Waals surface area contributed by atoms with Gasteiger partial charge >= 0.3 is 6.03 Å². The Hall–Kier alpha value is -0.910. The van der Waals surface area contributed by atoms with Crippen molar-refractivity contribution in [3.05, 3.63) is 0 Å². The Kier molecular flexibility index (Phi) is 5.62. The second-order valence-electron chi connectivity index (χ2n) is 10.7. The first-order chi connectivity index (χ1) is 13.2. The molecule has 1 aliphatic heterocycles. The number of rotatable bonds is 4. The second kappa shape index (κ2) is 7.73. The molecule has 0 atom stereocenters. The van der Waals surface area contributed by atoms with E-state index < -0.39 is 0 Å². The van der Waals surface area contributed by atoms with Crippen molar-refractivity contribution in [1.82, 2.24) is 15.1 Å². The van der Waals surface area contributed by atoms with Crippen molar-refractivity contribution in [3.63, 3.8) is 0 Å². The monoisotopic (exact) mass is 407 g/mol. The first-order valence-corrected chi connectivity index (χ1v) is 12.2. The molecule has 6 heteroatoms. The van der Waals surface area contributed by atoms with E-state index in [4.69, 9.17) is 0 Å². The first-order valence-electron chi connectivity index (χ1n) is 11.2. The van der Waals surface area contributed by atoms with Crippen LogP contribution in [0.4, 0.5) is 4.79 Å². The third kappa shape index (κ3) is 4.31. The molecule has 3 amide bonds. The second-order valence-corrected chi connectivity index (χ2v) is 12.6. The van der Waals surface area contributed by atoms with Crippen molar-refractivity contribution >= 4 is 23.7 Å². The maximum absolute atomic E-state index is 13.4. The Bertz CT molecular complexity index is 572. The van der Waals surface area contributed by atoms with E-state index >= 15 is 0 Å². The third-order valence-corrected chi connectivity index (χ3v) is 8.53. The average Bonchev–Trinajstić information content (AvgIpc) is 2.63. The molecule has 5 nitrogen and oxygen atoms in total. The molecule has 4 bridgehead atoms. The van der Waals surface area contributed by atoms with Gasteiger partial charge in [-0.05, 0) is 56.3 Å². The Balaban J connectivity index is 1.24. The van der Waals surface area contributed by atoms with E-state index in [1.165, 1.54) is 19.3 Å². The van der Waals surface area contributed by atoms with E-state index in [1.807, 2.05) is 16.7 Å². The zero-order valence-corrected chi connectivity index (χ0v) is 18.7. The minimum absolute atomic E-state index is 0.0245. The predicted octanol–water partition coefficient (Wildman–Crippen LogP) is 3.59. The molecule has 0 aromatic heterocycles. The molecule has 5 aliphatic rings. The molecular weight excluding hydrogens is 370 g/mol. The van der Waals surface area contributed by atoms with Crippen molar-refractivity contribution in [3.8, 4) is 0 Å². The molecule has 5 rings (SSSR count). The summed E-state index contributed by atoms with van der Waals surface area (Å²) in [5.74, 6) is 3.74. The van der Waals surface area contributed by atoms with Gasteiger partial charge in [0.1, 0.15) is 0 Å². The average molecular weight is 408 g/mol. The summed E-state index contributed by atoms with van der Waals surface area (Å²) in [7, 11) is 0. The fraction of sp³-hybridized carbons (Fsp3) is 0.909. The van der Waals surface area contributed by atoms with Gasteiger partial charge in [-0.1, -0.05) is 20.8 Å². The van der Waals surface area contributed by atoms with Gasteiger partial charge in [0, 0.05) is 43.2 Å². The summed E-state index contributed by atoms with van der Waals surface area (Å²) in [6.07, 6.45) is 7.49. The normalized spacial score (nSPS) is 34.6. The number of urea groups is 1. The van der Waals surface area contributed by atoms with Gasteiger partial charge in [-0.2, -0.15) is 11.8 Å². The van der Waals surface area contributed by atoms with Crippen LogP contribution in [0.5, 0.6) is 0 Å². The van der Waals surface area contributed by atoms with Crippen molar-refractivity contribution in [2.24, 2.45) is 23.2 Å². The first kappa shape index (κ1) is 20.4. The molecule has 1 saturated heterocycles. The van der Waals surface area contributed by atoms with Gasteiger partial charge < -0.3 is 15.1 Å². The summed E-state index contributed by atoms with van der Waals surface area (Å²) >= 11 is 1.87. The quantitative estimate of drug-likeness (QED) is 0.725. The third-order valence-electron chi connectivity index (χ3n) is 7.26. The van der Waals surface area contributed by atoms with Crippen LogP contribution in [0.15, 0.2) is 0 Å². The molecule has 158 valence electrons. The van der Waals surface area contributed by atoms with Crippen molar-refractivity contribution in [2.45, 2.75) is 64.0 Å². The minimum atomic E-state index is -0.0522. The Morgan fingerprint density at radius 2 is 1.43 bits per heavy atom. The van der Waals surface area contributed by atoms with Crippen molar-refractivity contribution in [1.29, 1.82) is 0 Å². The van der Waals surface area contributed by atoms with Crippen molar-refractivity contribution in [2.75, 3.05) is 38.5 Å². The zero-order chi connectivity index (χ0) is 19.9. The molecule has 0 aromatic carbocycles. The molecule has 0 aromatic rings. The van der Waals surface area contributed by atoms with Gasteiger partial charge in [-0.15, -0.1) is 0 Å². The number of hydrogen-bond donors (Lipinski definition) is 1. The van der Waals surface area contributed by atoms with Gasteiger partial charge in [0.05, 0.1) is 5.41 Å². The van der Waals surface area contributed by atoms with E-state index in [0.717, 1.165) is 42.8 Å². The fourth-order valence-electron chi connectivity index (χ4n) is 6.45. The molecule has 0 radical (unpaired) electrons. The lowest BCUT2D eigenvalue weighted by Gasteiger charge is -2.57. The van der Waals surface area contributed by atoms with Crippen LogP contribution in [-0.4, -0.2) is 65.0 Å². The number of hydrogen-bond acceptors (Lipinski definition) is 3. The molecule has 0 spiro atoms. The van der Waals surface area contributed by atoms with Crippen LogP contribution >= 0.6 is 11.8 Å². The van der Waals surface area contributed by atoms with E-state index in [0.29, 0.717) is 38.6 Å². The highest BCUT2D eigenvalue weighted by Crippen LogP contribution is 2.60. The lowest BCUT2D eigenvalue weighted by atomic mass is 9.49. The summed E-state index contributed by atoms with van der Waals surface area (Å²) in [5, 5.41) is 3.04. The summed E-state index contributed by atoms with van der Waals surface area (Å²) in [4.78, 5) is 29.8. The SMILES string of the molecule is CC(C)(C)SCCNC(=O)N1CCN(C(=O)C23CC4CC(CC(C4)C2)C3)CC1. The van der Waals surface area contributed by atoms with Gasteiger partial charge in [-0.3, -0.25) is 4.79 Å². The van der Waals surface area contributed by atoms with E-state index in [-0.39, 0.29) is 16.2 Å². The lowest BCUT2D eigenvalue weighted by Crippen LogP contribution is -2.59. The van der Waals surface area contributed by atoms with Gasteiger partial charge in [0.2, 0.25) is 5.91 Å². The van der Waals surface area contributed by atoms with E-state index in [9.17, 15) is 9.59 Å². The fourth-order valence-corrected chi connectivity index (χ4v) is 7.26. The molecule has 1 heterocycles. The number of thioether (sulfide) groups is 1. The number of amides is 3. The molecule has 5 fully saturated rings. The minimum Gasteiger partial charge on any atom is -0.339 e. The number of piperazine rings is 1. The smallest absolute Gasteiger partial charge is 0.317 e. The van der Waals surface area contributed by atoms with Gasteiger partial charge in [0.15, 0.2) is 0 Å². The molecule has 0 unspecified atom stereocenters. The number of nitrogens with one attached hydrogen (secondary N) is 1. The number of carbonyl (C=O) groups excluding carboxylic acids is 2. The van der Waals surface area contributed by atoms with Crippen LogP contribution in [0.1, 0.15) is 59.3 Å².